The van der Waals surface area contributed by atoms with Crippen LogP contribution in [0, 0.1) is 5.92 Å². The number of halogens is 1. The fourth-order valence-electron chi connectivity index (χ4n) is 3.41. The molecule has 0 bridgehead atoms. The predicted octanol–water partition coefficient (Wildman–Crippen LogP) is 4.96. The van der Waals surface area contributed by atoms with Crippen LogP contribution in [-0.2, 0) is 6.42 Å². The first kappa shape index (κ1) is 17.0. The molecule has 24 heavy (non-hydrogen) atoms. The molecule has 1 atom stereocenters. The Kier molecular flexibility index (Phi) is 5.57. The van der Waals surface area contributed by atoms with E-state index in [1.54, 1.807) is 6.92 Å². The maximum atomic E-state index is 11.9. The van der Waals surface area contributed by atoms with E-state index in [0.29, 0.717) is 5.56 Å². The molecule has 3 rings (SSSR count). The number of anilines is 1. The number of carbonyl (C=O) groups is 1. The molecule has 0 N–H and O–H groups in total. The SMILES string of the molecule is CC(Cl)C(=O)c1ccc(N2CCC(Cc3ccccc3)CC2)cc1. The molecule has 1 saturated heterocycles. The van der Waals surface area contributed by atoms with Crippen LogP contribution in [0.15, 0.2) is 54.6 Å². The first-order valence-corrected chi connectivity index (χ1v) is 9.14. The minimum atomic E-state index is -0.468. The molecular weight excluding hydrogens is 318 g/mol. The molecule has 1 unspecified atom stereocenters. The van der Waals surface area contributed by atoms with Gasteiger partial charge in [-0.2, -0.15) is 0 Å². The third kappa shape index (κ3) is 4.18. The second kappa shape index (κ2) is 7.85. The zero-order valence-corrected chi connectivity index (χ0v) is 14.9. The maximum absolute atomic E-state index is 11.9. The molecular formula is C21H24ClNO. The molecule has 3 heteroatoms. The summed E-state index contributed by atoms with van der Waals surface area (Å²) in [7, 11) is 0. The van der Waals surface area contributed by atoms with Crippen LogP contribution in [0.3, 0.4) is 0 Å². The van der Waals surface area contributed by atoms with E-state index < -0.39 is 5.38 Å². The summed E-state index contributed by atoms with van der Waals surface area (Å²) in [5.74, 6) is 0.756. The molecule has 2 aromatic carbocycles. The van der Waals surface area contributed by atoms with Crippen LogP contribution in [0.4, 0.5) is 5.69 Å². The Morgan fingerprint density at radius 1 is 1.08 bits per heavy atom. The van der Waals surface area contributed by atoms with Gasteiger partial charge in [-0.05, 0) is 61.9 Å². The van der Waals surface area contributed by atoms with E-state index in [-0.39, 0.29) is 5.78 Å². The molecule has 1 aliphatic rings. The molecule has 2 nitrogen and oxygen atoms in total. The summed E-state index contributed by atoms with van der Waals surface area (Å²) in [6, 6.07) is 18.6. The highest BCUT2D eigenvalue weighted by Gasteiger charge is 2.20. The standard InChI is InChI=1S/C21H24ClNO/c1-16(22)21(24)19-7-9-20(10-8-19)23-13-11-18(12-14-23)15-17-5-3-2-4-6-17/h2-10,16,18H,11-15H2,1H3. The van der Waals surface area contributed by atoms with E-state index in [4.69, 9.17) is 11.6 Å². The van der Waals surface area contributed by atoms with E-state index in [1.807, 2.05) is 24.3 Å². The molecule has 126 valence electrons. The fourth-order valence-corrected chi connectivity index (χ4v) is 3.53. The lowest BCUT2D eigenvalue weighted by atomic mass is 9.90. The van der Waals surface area contributed by atoms with Gasteiger partial charge < -0.3 is 4.90 Å². The van der Waals surface area contributed by atoms with Crippen LogP contribution in [0.5, 0.6) is 0 Å². The summed E-state index contributed by atoms with van der Waals surface area (Å²) in [5, 5.41) is -0.468. The third-order valence-electron chi connectivity index (χ3n) is 4.86. The summed E-state index contributed by atoms with van der Waals surface area (Å²) in [6.07, 6.45) is 3.61. The Hall–Kier alpha value is -1.80. The summed E-state index contributed by atoms with van der Waals surface area (Å²) in [5.41, 5.74) is 3.33. The van der Waals surface area contributed by atoms with E-state index in [2.05, 4.69) is 35.2 Å². The maximum Gasteiger partial charge on any atom is 0.180 e. The number of ketones is 1. The molecule has 0 spiro atoms. The number of alkyl halides is 1. The Bertz CT molecular complexity index is 658. The average molecular weight is 342 g/mol. The lowest BCUT2D eigenvalue weighted by Gasteiger charge is -2.33. The first-order chi connectivity index (χ1) is 11.6. The molecule has 1 aliphatic heterocycles. The Morgan fingerprint density at radius 2 is 1.71 bits per heavy atom. The smallest absolute Gasteiger partial charge is 0.180 e. The van der Waals surface area contributed by atoms with E-state index in [0.717, 1.165) is 19.0 Å². The molecule has 2 aromatic rings. The summed E-state index contributed by atoms with van der Waals surface area (Å²) < 4.78 is 0. The molecule has 0 aliphatic carbocycles. The number of hydrogen-bond acceptors (Lipinski definition) is 2. The lowest BCUT2D eigenvalue weighted by Crippen LogP contribution is -2.34. The van der Waals surface area contributed by atoms with Gasteiger partial charge in [0.1, 0.15) is 0 Å². The van der Waals surface area contributed by atoms with Gasteiger partial charge in [0.15, 0.2) is 5.78 Å². The Labute approximate surface area is 149 Å². The summed E-state index contributed by atoms with van der Waals surface area (Å²) >= 11 is 5.87. The van der Waals surface area contributed by atoms with Crippen molar-refractivity contribution in [3.8, 4) is 0 Å². The van der Waals surface area contributed by atoms with Gasteiger partial charge in [-0.1, -0.05) is 30.3 Å². The summed E-state index contributed by atoms with van der Waals surface area (Å²) in [6.45, 7) is 3.88. The minimum Gasteiger partial charge on any atom is -0.372 e. The number of nitrogens with zero attached hydrogens (tertiary/aromatic N) is 1. The zero-order valence-electron chi connectivity index (χ0n) is 14.1. The van der Waals surface area contributed by atoms with Crippen LogP contribution >= 0.6 is 11.6 Å². The van der Waals surface area contributed by atoms with Crippen LogP contribution in [-0.4, -0.2) is 24.2 Å². The van der Waals surface area contributed by atoms with Crippen LogP contribution in [0.1, 0.15) is 35.7 Å². The van der Waals surface area contributed by atoms with Gasteiger partial charge in [0, 0.05) is 24.3 Å². The quantitative estimate of drug-likeness (QED) is 0.566. The highest BCUT2D eigenvalue weighted by molar-refractivity contribution is 6.33. The molecule has 0 saturated carbocycles. The fraction of sp³-hybridized carbons (Fsp3) is 0.381. The molecule has 0 amide bonds. The van der Waals surface area contributed by atoms with Crippen LogP contribution in [0.2, 0.25) is 0 Å². The van der Waals surface area contributed by atoms with Gasteiger partial charge >= 0.3 is 0 Å². The monoisotopic (exact) mass is 341 g/mol. The van der Waals surface area contributed by atoms with Crippen molar-refractivity contribution in [2.75, 3.05) is 18.0 Å². The molecule has 0 aromatic heterocycles. The van der Waals surface area contributed by atoms with Crippen molar-refractivity contribution in [1.29, 1.82) is 0 Å². The topological polar surface area (TPSA) is 20.3 Å². The number of rotatable bonds is 5. The van der Waals surface area contributed by atoms with Gasteiger partial charge in [0.05, 0.1) is 5.38 Å². The number of hydrogen-bond donors (Lipinski definition) is 0. The Balaban J connectivity index is 1.56. The van der Waals surface area contributed by atoms with Gasteiger partial charge in [0.25, 0.3) is 0 Å². The first-order valence-electron chi connectivity index (χ1n) is 8.70. The number of piperidine rings is 1. The predicted molar refractivity (Wildman–Crippen MR) is 101 cm³/mol. The van der Waals surface area contributed by atoms with Gasteiger partial charge in [-0.3, -0.25) is 4.79 Å². The van der Waals surface area contributed by atoms with Crippen molar-refractivity contribution < 1.29 is 4.79 Å². The van der Waals surface area contributed by atoms with Gasteiger partial charge in [-0.25, -0.2) is 0 Å². The van der Waals surface area contributed by atoms with Crippen LogP contribution < -0.4 is 4.90 Å². The van der Waals surface area contributed by atoms with Crippen molar-refractivity contribution in [2.45, 2.75) is 31.6 Å². The average Bonchev–Trinajstić information content (AvgIpc) is 2.63. The Morgan fingerprint density at radius 3 is 2.29 bits per heavy atom. The lowest BCUT2D eigenvalue weighted by molar-refractivity contribution is 0.0992. The van der Waals surface area contributed by atoms with Crippen molar-refractivity contribution in [2.24, 2.45) is 5.92 Å². The second-order valence-electron chi connectivity index (χ2n) is 6.65. The number of benzene rings is 2. The normalized spacial score (nSPS) is 16.8. The van der Waals surface area contributed by atoms with E-state index >= 15 is 0 Å². The van der Waals surface area contributed by atoms with Gasteiger partial charge in [-0.15, -0.1) is 11.6 Å². The van der Waals surface area contributed by atoms with Crippen LogP contribution in [0.25, 0.3) is 0 Å². The van der Waals surface area contributed by atoms with Crippen molar-refractivity contribution >= 4 is 23.1 Å². The molecule has 1 heterocycles. The van der Waals surface area contributed by atoms with Crippen molar-refractivity contribution in [1.82, 2.24) is 0 Å². The van der Waals surface area contributed by atoms with Gasteiger partial charge in [0.2, 0.25) is 0 Å². The minimum absolute atomic E-state index is 0.00946. The third-order valence-corrected chi connectivity index (χ3v) is 5.06. The van der Waals surface area contributed by atoms with Crippen molar-refractivity contribution in [3.05, 3.63) is 65.7 Å². The number of carbonyl (C=O) groups excluding carboxylic acids is 1. The molecule has 0 radical (unpaired) electrons. The van der Waals surface area contributed by atoms with E-state index in [9.17, 15) is 4.79 Å². The van der Waals surface area contributed by atoms with E-state index in [1.165, 1.54) is 30.5 Å². The largest absolute Gasteiger partial charge is 0.372 e. The molecule has 1 fully saturated rings. The highest BCUT2D eigenvalue weighted by Crippen LogP contribution is 2.26. The van der Waals surface area contributed by atoms with Crippen molar-refractivity contribution in [3.63, 3.8) is 0 Å². The number of Topliss-reactive ketones (excluding diaryl/α,β-unsaturated/α-hetero) is 1. The summed E-state index contributed by atoms with van der Waals surface area (Å²) in [4.78, 5) is 14.3. The highest BCUT2D eigenvalue weighted by atomic mass is 35.5. The zero-order chi connectivity index (χ0) is 16.9. The second-order valence-corrected chi connectivity index (χ2v) is 7.30.